The van der Waals surface area contributed by atoms with Gasteiger partial charge in [-0.2, -0.15) is 0 Å². The smallest absolute Gasteiger partial charge is 0.123 e. The van der Waals surface area contributed by atoms with Crippen LogP contribution in [0.5, 0.6) is 5.75 Å². The van der Waals surface area contributed by atoms with Gasteiger partial charge in [0.25, 0.3) is 0 Å². The molecule has 108 valence electrons. The molecule has 0 bridgehead atoms. The Morgan fingerprint density at radius 1 is 1.15 bits per heavy atom. The van der Waals surface area contributed by atoms with Crippen molar-refractivity contribution in [2.75, 3.05) is 12.4 Å². The van der Waals surface area contributed by atoms with Gasteiger partial charge >= 0.3 is 0 Å². The Labute approximate surface area is 120 Å². The van der Waals surface area contributed by atoms with E-state index >= 15 is 0 Å². The lowest BCUT2D eigenvalue weighted by molar-refractivity contribution is 0.0128. The number of hydrogen-bond acceptors (Lipinski definition) is 3. The zero-order chi connectivity index (χ0) is 14.8. The van der Waals surface area contributed by atoms with Crippen LogP contribution in [0.4, 0.5) is 5.69 Å². The Balaban J connectivity index is 2.24. The fourth-order valence-corrected chi connectivity index (χ4v) is 2.56. The number of methoxy groups -OCH3 is 1. The second-order valence-electron chi connectivity index (χ2n) is 5.89. The maximum atomic E-state index is 9.91. The molecule has 2 aromatic carbocycles. The zero-order valence-electron chi connectivity index (χ0n) is 12.6. The minimum absolute atomic E-state index is 0.154. The van der Waals surface area contributed by atoms with E-state index < -0.39 is 0 Å². The second kappa shape index (κ2) is 5.71. The average molecular weight is 273 g/mol. The molecule has 0 spiro atoms. The number of ether oxygens (including phenoxy) is 1. The number of anilines is 1. The van der Waals surface area contributed by atoms with Crippen molar-refractivity contribution >= 4 is 16.5 Å². The van der Waals surface area contributed by atoms with Crippen molar-refractivity contribution in [1.82, 2.24) is 0 Å². The van der Waals surface area contributed by atoms with Gasteiger partial charge in [0.15, 0.2) is 0 Å². The monoisotopic (exact) mass is 273 g/mol. The quantitative estimate of drug-likeness (QED) is 0.859. The van der Waals surface area contributed by atoms with Crippen LogP contribution < -0.4 is 5.32 Å². The van der Waals surface area contributed by atoms with E-state index in [1.54, 1.807) is 13.2 Å². The molecule has 0 fully saturated rings. The minimum atomic E-state index is -0.154. The van der Waals surface area contributed by atoms with Gasteiger partial charge in [-0.25, -0.2) is 0 Å². The topological polar surface area (TPSA) is 41.5 Å². The number of hydrogen-bond donors (Lipinski definition) is 2. The molecule has 2 rings (SSSR count). The number of phenols is 1. The number of benzene rings is 2. The van der Waals surface area contributed by atoms with Gasteiger partial charge in [0.05, 0.1) is 5.60 Å². The first-order chi connectivity index (χ1) is 9.43. The van der Waals surface area contributed by atoms with E-state index in [4.69, 9.17) is 4.74 Å². The molecule has 0 saturated carbocycles. The van der Waals surface area contributed by atoms with Crippen molar-refractivity contribution in [1.29, 1.82) is 0 Å². The molecule has 1 unspecified atom stereocenters. The molecule has 1 atom stereocenters. The van der Waals surface area contributed by atoms with Crippen LogP contribution in [0.15, 0.2) is 36.4 Å². The predicted octanol–water partition coefficient (Wildman–Crippen LogP) is 4.16. The molecule has 3 heteroatoms. The van der Waals surface area contributed by atoms with Crippen molar-refractivity contribution in [3.05, 3.63) is 36.4 Å². The molecule has 0 amide bonds. The molecule has 0 aromatic heterocycles. The first-order valence-corrected chi connectivity index (χ1v) is 6.95. The lowest BCUT2D eigenvalue weighted by Gasteiger charge is -2.28. The SMILES string of the molecule is COC(C)(C)CC(C)Nc1cccc2c(O)cccc12. The molecule has 20 heavy (non-hydrogen) atoms. The third-order valence-corrected chi connectivity index (χ3v) is 3.65. The van der Waals surface area contributed by atoms with Gasteiger partial charge in [-0.1, -0.05) is 24.3 Å². The maximum Gasteiger partial charge on any atom is 0.123 e. The predicted molar refractivity (Wildman–Crippen MR) is 84.4 cm³/mol. The van der Waals surface area contributed by atoms with Crippen molar-refractivity contribution in [3.63, 3.8) is 0 Å². The van der Waals surface area contributed by atoms with Crippen LogP contribution in [0.2, 0.25) is 0 Å². The van der Waals surface area contributed by atoms with Gasteiger partial charge in [0, 0.05) is 29.6 Å². The highest BCUT2D eigenvalue weighted by Gasteiger charge is 2.20. The van der Waals surface area contributed by atoms with E-state index in [9.17, 15) is 5.11 Å². The number of fused-ring (bicyclic) bond motifs is 1. The molecule has 2 N–H and O–H groups in total. The largest absolute Gasteiger partial charge is 0.507 e. The van der Waals surface area contributed by atoms with Crippen LogP contribution in [-0.2, 0) is 4.74 Å². The van der Waals surface area contributed by atoms with Gasteiger partial charge in [-0.05, 0) is 39.3 Å². The number of rotatable bonds is 5. The molecular formula is C17H23NO2. The second-order valence-corrected chi connectivity index (χ2v) is 5.89. The summed E-state index contributed by atoms with van der Waals surface area (Å²) in [5.41, 5.74) is 0.886. The van der Waals surface area contributed by atoms with Gasteiger partial charge < -0.3 is 15.2 Å². The van der Waals surface area contributed by atoms with Crippen LogP contribution in [0.3, 0.4) is 0 Å². The Hall–Kier alpha value is -1.74. The van der Waals surface area contributed by atoms with Crippen LogP contribution in [-0.4, -0.2) is 23.9 Å². The molecule has 0 aliphatic carbocycles. The van der Waals surface area contributed by atoms with E-state index in [0.29, 0.717) is 5.75 Å². The lowest BCUT2D eigenvalue weighted by atomic mass is 9.99. The number of aromatic hydroxyl groups is 1. The fourth-order valence-electron chi connectivity index (χ4n) is 2.56. The highest BCUT2D eigenvalue weighted by atomic mass is 16.5. The van der Waals surface area contributed by atoms with Gasteiger partial charge in [0.1, 0.15) is 5.75 Å². The first kappa shape index (κ1) is 14.7. The van der Waals surface area contributed by atoms with Gasteiger partial charge in [0.2, 0.25) is 0 Å². The molecule has 0 radical (unpaired) electrons. The molecule has 0 aliphatic heterocycles. The summed E-state index contributed by atoms with van der Waals surface area (Å²) in [4.78, 5) is 0. The van der Waals surface area contributed by atoms with Crippen molar-refractivity contribution in [2.45, 2.75) is 38.8 Å². The molecule has 0 aliphatic rings. The Morgan fingerprint density at radius 2 is 1.80 bits per heavy atom. The summed E-state index contributed by atoms with van der Waals surface area (Å²) in [5.74, 6) is 0.316. The summed E-state index contributed by atoms with van der Waals surface area (Å²) in [6, 6.07) is 11.8. The van der Waals surface area contributed by atoms with Gasteiger partial charge in [-0.15, -0.1) is 0 Å². The van der Waals surface area contributed by atoms with Crippen LogP contribution in [0, 0.1) is 0 Å². The summed E-state index contributed by atoms with van der Waals surface area (Å²) in [7, 11) is 1.74. The molecule has 3 nitrogen and oxygen atoms in total. The van der Waals surface area contributed by atoms with Crippen LogP contribution in [0.1, 0.15) is 27.2 Å². The fraction of sp³-hybridized carbons (Fsp3) is 0.412. The number of phenolic OH excluding ortho intramolecular Hbond substituents is 1. The van der Waals surface area contributed by atoms with Crippen molar-refractivity contribution in [2.24, 2.45) is 0 Å². The third-order valence-electron chi connectivity index (χ3n) is 3.65. The summed E-state index contributed by atoms with van der Waals surface area (Å²) in [5, 5.41) is 15.3. The van der Waals surface area contributed by atoms with Crippen molar-refractivity contribution < 1.29 is 9.84 Å². The minimum Gasteiger partial charge on any atom is -0.507 e. The van der Waals surface area contributed by atoms with E-state index in [1.165, 1.54) is 0 Å². The summed E-state index contributed by atoms with van der Waals surface area (Å²) >= 11 is 0. The summed E-state index contributed by atoms with van der Waals surface area (Å²) < 4.78 is 5.47. The summed E-state index contributed by atoms with van der Waals surface area (Å²) in [6.07, 6.45) is 0.901. The van der Waals surface area contributed by atoms with Gasteiger partial charge in [-0.3, -0.25) is 0 Å². The van der Waals surface area contributed by atoms with Crippen LogP contribution in [0.25, 0.3) is 10.8 Å². The highest BCUT2D eigenvalue weighted by molar-refractivity contribution is 5.97. The third kappa shape index (κ3) is 3.23. The standard InChI is InChI=1S/C17H23NO2/c1-12(11-17(2,3)20-4)18-15-9-5-8-14-13(15)7-6-10-16(14)19/h5-10,12,18-19H,11H2,1-4H3. The summed E-state index contributed by atoms with van der Waals surface area (Å²) in [6.45, 7) is 6.31. The van der Waals surface area contributed by atoms with E-state index in [1.807, 2.05) is 30.3 Å². The molecular weight excluding hydrogens is 250 g/mol. The van der Waals surface area contributed by atoms with E-state index in [2.05, 4.69) is 26.1 Å². The number of nitrogens with one attached hydrogen (secondary N) is 1. The normalized spacial score (nSPS) is 13.4. The maximum absolute atomic E-state index is 9.91. The van der Waals surface area contributed by atoms with Crippen LogP contribution >= 0.6 is 0 Å². The van der Waals surface area contributed by atoms with E-state index in [-0.39, 0.29) is 11.6 Å². The molecule has 0 saturated heterocycles. The molecule has 2 aromatic rings. The Bertz CT molecular complexity index is 593. The zero-order valence-corrected chi connectivity index (χ0v) is 12.6. The average Bonchev–Trinajstić information content (AvgIpc) is 2.39. The van der Waals surface area contributed by atoms with E-state index in [0.717, 1.165) is 22.9 Å². The Kier molecular flexibility index (Phi) is 4.19. The highest BCUT2D eigenvalue weighted by Crippen LogP contribution is 2.30. The Morgan fingerprint density at radius 3 is 2.50 bits per heavy atom. The van der Waals surface area contributed by atoms with Crippen molar-refractivity contribution in [3.8, 4) is 5.75 Å². The molecule has 0 heterocycles. The first-order valence-electron chi connectivity index (χ1n) is 6.95. The lowest BCUT2D eigenvalue weighted by Crippen LogP contribution is -2.31.